The van der Waals surface area contributed by atoms with E-state index < -0.39 is 0 Å². The zero-order valence-electron chi connectivity index (χ0n) is 14.5. The second-order valence-corrected chi connectivity index (χ2v) is 7.36. The molecule has 4 rings (SSSR count). The molecule has 0 aliphatic carbocycles. The zero-order chi connectivity index (χ0) is 18.3. The molecule has 0 aliphatic heterocycles. The van der Waals surface area contributed by atoms with Gasteiger partial charge in [0.15, 0.2) is 0 Å². The maximum absolute atomic E-state index is 13.4. The first-order valence-corrected chi connectivity index (χ1v) is 9.30. The van der Waals surface area contributed by atoms with Crippen LogP contribution >= 0.6 is 11.3 Å². The molecular weight excluding hydrogens is 349 g/mol. The van der Waals surface area contributed by atoms with Gasteiger partial charge in [0.2, 0.25) is 0 Å². The summed E-state index contributed by atoms with van der Waals surface area (Å²) in [5.74, 6) is -0.238. The lowest BCUT2D eigenvalue weighted by Gasteiger charge is -2.09. The molecule has 6 heteroatoms. The van der Waals surface area contributed by atoms with Gasteiger partial charge in [0.1, 0.15) is 16.3 Å². The van der Waals surface area contributed by atoms with E-state index in [-0.39, 0.29) is 17.9 Å². The number of nitrogens with zero attached hydrogens (tertiary/aromatic N) is 3. The predicted molar refractivity (Wildman–Crippen MR) is 102 cm³/mol. The van der Waals surface area contributed by atoms with Gasteiger partial charge in [-0.25, -0.2) is 9.37 Å². The standard InChI is InChI=1S/C20H18FN3OS/c1-12(2)24-17-8-4-7-16(18(17)23-20(24)25)19-22-15(11-26-19)10-13-5-3-6-14(21)9-13/h3-9,11-12H,10H2,1-2H3,(H,23,25). The number of thiazole rings is 1. The molecule has 0 saturated heterocycles. The van der Waals surface area contributed by atoms with E-state index in [0.717, 1.165) is 32.9 Å². The molecule has 0 bridgehead atoms. The van der Waals surface area contributed by atoms with Gasteiger partial charge in [0.25, 0.3) is 6.01 Å². The molecule has 0 unspecified atom stereocenters. The van der Waals surface area contributed by atoms with E-state index in [1.807, 2.05) is 43.5 Å². The van der Waals surface area contributed by atoms with Gasteiger partial charge >= 0.3 is 0 Å². The Morgan fingerprint density at radius 2 is 1.96 bits per heavy atom. The SMILES string of the molecule is CC(C)n1c(O)nc2c(-c3nc(Cc4cccc(F)c4)cs3)cccc21. The maximum atomic E-state index is 13.4. The van der Waals surface area contributed by atoms with E-state index in [2.05, 4.69) is 4.98 Å². The summed E-state index contributed by atoms with van der Waals surface area (Å²) in [6, 6.07) is 12.6. The van der Waals surface area contributed by atoms with Crippen LogP contribution in [0.4, 0.5) is 4.39 Å². The molecule has 0 amide bonds. The average molecular weight is 367 g/mol. The third-order valence-corrected chi connectivity index (χ3v) is 5.20. The quantitative estimate of drug-likeness (QED) is 0.541. The van der Waals surface area contributed by atoms with Gasteiger partial charge in [-0.15, -0.1) is 11.3 Å². The molecule has 0 saturated carbocycles. The van der Waals surface area contributed by atoms with Gasteiger partial charge < -0.3 is 5.11 Å². The van der Waals surface area contributed by atoms with Crippen LogP contribution in [0.2, 0.25) is 0 Å². The van der Waals surface area contributed by atoms with Gasteiger partial charge in [-0.1, -0.05) is 18.2 Å². The number of benzene rings is 2. The number of halogens is 1. The van der Waals surface area contributed by atoms with Crippen LogP contribution in [0, 0.1) is 5.82 Å². The van der Waals surface area contributed by atoms with E-state index in [4.69, 9.17) is 4.98 Å². The molecule has 0 aliphatic rings. The van der Waals surface area contributed by atoms with Crippen molar-refractivity contribution >= 4 is 22.4 Å². The lowest BCUT2D eigenvalue weighted by molar-refractivity contribution is 0.388. The number of aromatic nitrogens is 3. The molecule has 26 heavy (non-hydrogen) atoms. The van der Waals surface area contributed by atoms with Gasteiger partial charge in [0, 0.05) is 23.4 Å². The average Bonchev–Trinajstić information content (AvgIpc) is 3.17. The molecule has 2 aromatic heterocycles. The number of aromatic hydroxyl groups is 1. The zero-order valence-corrected chi connectivity index (χ0v) is 15.3. The lowest BCUT2D eigenvalue weighted by Crippen LogP contribution is -1.99. The highest BCUT2D eigenvalue weighted by Crippen LogP contribution is 2.34. The van der Waals surface area contributed by atoms with Crippen LogP contribution in [0.1, 0.15) is 31.1 Å². The van der Waals surface area contributed by atoms with Crippen LogP contribution in [0.15, 0.2) is 47.8 Å². The number of imidazole rings is 1. The highest BCUT2D eigenvalue weighted by molar-refractivity contribution is 7.13. The lowest BCUT2D eigenvalue weighted by atomic mass is 10.1. The first kappa shape index (κ1) is 16.7. The fraction of sp³-hybridized carbons (Fsp3) is 0.200. The van der Waals surface area contributed by atoms with Crippen LogP contribution in [0.5, 0.6) is 6.01 Å². The van der Waals surface area contributed by atoms with Gasteiger partial charge in [-0.2, -0.15) is 4.98 Å². The van der Waals surface area contributed by atoms with Crippen molar-refractivity contribution in [2.24, 2.45) is 0 Å². The smallest absolute Gasteiger partial charge is 0.295 e. The highest BCUT2D eigenvalue weighted by atomic mass is 32.1. The molecule has 2 aromatic carbocycles. The Hall–Kier alpha value is -2.73. The van der Waals surface area contributed by atoms with Crippen molar-refractivity contribution < 1.29 is 9.50 Å². The number of para-hydroxylation sites is 1. The molecule has 0 atom stereocenters. The summed E-state index contributed by atoms with van der Waals surface area (Å²) in [6.07, 6.45) is 0.579. The summed E-state index contributed by atoms with van der Waals surface area (Å²) in [6.45, 7) is 4.02. The Kier molecular flexibility index (Phi) is 4.20. The minimum Gasteiger partial charge on any atom is -0.480 e. The van der Waals surface area contributed by atoms with Crippen LogP contribution < -0.4 is 0 Å². The Labute approximate surface area is 154 Å². The van der Waals surface area contributed by atoms with Crippen LogP contribution in [-0.4, -0.2) is 19.6 Å². The Bertz CT molecular complexity index is 1080. The highest BCUT2D eigenvalue weighted by Gasteiger charge is 2.17. The third kappa shape index (κ3) is 2.97. The van der Waals surface area contributed by atoms with Crippen molar-refractivity contribution in [2.75, 3.05) is 0 Å². The van der Waals surface area contributed by atoms with E-state index in [1.165, 1.54) is 23.5 Å². The number of rotatable bonds is 4. The molecule has 1 N–H and O–H groups in total. The summed E-state index contributed by atoms with van der Waals surface area (Å²) in [5, 5.41) is 13.0. The first-order valence-electron chi connectivity index (χ1n) is 8.42. The van der Waals surface area contributed by atoms with Crippen molar-refractivity contribution in [3.8, 4) is 16.6 Å². The predicted octanol–water partition coefficient (Wildman–Crippen LogP) is 5.18. The minimum absolute atomic E-state index is 0.0130. The van der Waals surface area contributed by atoms with Gasteiger partial charge in [-0.3, -0.25) is 4.57 Å². The summed E-state index contributed by atoms with van der Waals surface area (Å²) < 4.78 is 15.2. The molecule has 0 fully saturated rings. The molecule has 2 heterocycles. The van der Waals surface area contributed by atoms with Crippen molar-refractivity contribution in [1.29, 1.82) is 0 Å². The number of hydrogen-bond donors (Lipinski definition) is 1. The topological polar surface area (TPSA) is 50.9 Å². The summed E-state index contributed by atoms with van der Waals surface area (Å²) >= 11 is 1.53. The molecule has 4 aromatic rings. The Morgan fingerprint density at radius 1 is 1.15 bits per heavy atom. The first-order chi connectivity index (χ1) is 12.5. The largest absolute Gasteiger partial charge is 0.480 e. The Balaban J connectivity index is 1.73. The minimum atomic E-state index is -0.238. The second-order valence-electron chi connectivity index (χ2n) is 6.50. The van der Waals surface area contributed by atoms with Crippen molar-refractivity contribution in [1.82, 2.24) is 14.5 Å². The second kappa shape index (κ2) is 6.53. The number of fused-ring (bicyclic) bond motifs is 1. The van der Waals surface area contributed by atoms with Crippen LogP contribution in [0.3, 0.4) is 0 Å². The summed E-state index contributed by atoms with van der Waals surface area (Å²) in [4.78, 5) is 9.06. The molecule has 4 nitrogen and oxygen atoms in total. The van der Waals surface area contributed by atoms with E-state index in [0.29, 0.717) is 6.42 Å². The van der Waals surface area contributed by atoms with Crippen molar-refractivity contribution in [3.05, 3.63) is 64.9 Å². The fourth-order valence-electron chi connectivity index (χ4n) is 3.15. The van der Waals surface area contributed by atoms with E-state index in [9.17, 15) is 9.50 Å². The van der Waals surface area contributed by atoms with E-state index in [1.54, 1.807) is 10.6 Å². The maximum Gasteiger partial charge on any atom is 0.295 e. The summed E-state index contributed by atoms with van der Waals surface area (Å²) in [7, 11) is 0. The number of hydrogen-bond acceptors (Lipinski definition) is 4. The third-order valence-electron chi connectivity index (χ3n) is 4.27. The molecule has 132 valence electrons. The van der Waals surface area contributed by atoms with E-state index >= 15 is 0 Å². The fourth-order valence-corrected chi connectivity index (χ4v) is 4.00. The van der Waals surface area contributed by atoms with Gasteiger partial charge in [0.05, 0.1) is 11.2 Å². The molecule has 0 spiro atoms. The Morgan fingerprint density at radius 3 is 2.73 bits per heavy atom. The van der Waals surface area contributed by atoms with Crippen LogP contribution in [-0.2, 0) is 6.42 Å². The monoisotopic (exact) mass is 367 g/mol. The normalized spacial score (nSPS) is 11.5. The molecular formula is C20H18FN3OS. The van der Waals surface area contributed by atoms with Crippen LogP contribution in [0.25, 0.3) is 21.6 Å². The molecule has 0 radical (unpaired) electrons. The van der Waals surface area contributed by atoms with Crippen molar-refractivity contribution in [2.45, 2.75) is 26.3 Å². The van der Waals surface area contributed by atoms with Gasteiger partial charge in [-0.05, 0) is 43.7 Å². The van der Waals surface area contributed by atoms with Crippen molar-refractivity contribution in [3.63, 3.8) is 0 Å². The summed E-state index contributed by atoms with van der Waals surface area (Å²) in [5.41, 5.74) is 4.30.